The molecule has 0 aliphatic heterocycles. The van der Waals surface area contributed by atoms with Gasteiger partial charge in [-0.2, -0.15) is 0 Å². The van der Waals surface area contributed by atoms with E-state index in [0.717, 1.165) is 5.56 Å². The quantitative estimate of drug-likeness (QED) is 0.372. The Bertz CT molecular complexity index is 1010. The predicted octanol–water partition coefficient (Wildman–Crippen LogP) is 4.24. The molecule has 0 bridgehead atoms. The second kappa shape index (κ2) is 10.8. The maximum Gasteiger partial charge on any atom is 0.230 e. The number of allylic oxidation sites excluding steroid dienone is 1. The highest BCUT2D eigenvalue weighted by Crippen LogP contribution is 2.20. The summed E-state index contributed by atoms with van der Waals surface area (Å²) in [6.07, 6.45) is 1.70. The third-order valence-electron chi connectivity index (χ3n) is 4.03. The van der Waals surface area contributed by atoms with E-state index >= 15 is 0 Å². The molecule has 6 nitrogen and oxygen atoms in total. The second-order valence-corrected chi connectivity index (χ2v) is 7.59. The SMILES string of the molecule is C=CCn1c(COc2ccccc2F)nnc1SCC(=O)NCc1ccc(Cl)cc1. The average molecular weight is 447 g/mol. The van der Waals surface area contributed by atoms with Gasteiger partial charge in [-0.3, -0.25) is 9.36 Å². The topological polar surface area (TPSA) is 69.0 Å². The van der Waals surface area contributed by atoms with Crippen LogP contribution in [0, 0.1) is 5.82 Å². The minimum Gasteiger partial charge on any atom is -0.483 e. The van der Waals surface area contributed by atoms with Gasteiger partial charge < -0.3 is 10.1 Å². The molecule has 1 amide bonds. The highest BCUT2D eigenvalue weighted by Gasteiger charge is 2.14. The number of hydrogen-bond acceptors (Lipinski definition) is 5. The molecule has 2 aromatic carbocycles. The molecule has 3 aromatic rings. The van der Waals surface area contributed by atoms with E-state index in [4.69, 9.17) is 16.3 Å². The van der Waals surface area contributed by atoms with Gasteiger partial charge in [0.25, 0.3) is 0 Å². The van der Waals surface area contributed by atoms with Gasteiger partial charge in [0.15, 0.2) is 22.5 Å². The smallest absolute Gasteiger partial charge is 0.230 e. The number of ether oxygens (including phenoxy) is 1. The van der Waals surface area contributed by atoms with Crippen molar-refractivity contribution in [3.63, 3.8) is 0 Å². The predicted molar refractivity (Wildman–Crippen MR) is 115 cm³/mol. The summed E-state index contributed by atoms with van der Waals surface area (Å²) in [7, 11) is 0. The second-order valence-electron chi connectivity index (χ2n) is 6.21. The normalized spacial score (nSPS) is 10.6. The van der Waals surface area contributed by atoms with E-state index in [-0.39, 0.29) is 24.0 Å². The van der Waals surface area contributed by atoms with Crippen molar-refractivity contribution in [2.75, 3.05) is 5.75 Å². The van der Waals surface area contributed by atoms with E-state index in [9.17, 15) is 9.18 Å². The van der Waals surface area contributed by atoms with Gasteiger partial charge in [-0.1, -0.05) is 53.7 Å². The number of amides is 1. The number of carbonyl (C=O) groups is 1. The summed E-state index contributed by atoms with van der Waals surface area (Å²) in [6, 6.07) is 13.4. The number of nitrogens with one attached hydrogen (secondary N) is 1. The number of carbonyl (C=O) groups excluding carboxylic acids is 1. The standard InChI is InChI=1S/C21H20ClFN4O2S/c1-2-11-27-19(13-29-18-6-4-3-5-17(18)23)25-26-21(27)30-14-20(28)24-12-15-7-9-16(22)10-8-15/h2-10H,1,11-14H2,(H,24,28). The van der Waals surface area contributed by atoms with Crippen molar-refractivity contribution >= 4 is 29.3 Å². The summed E-state index contributed by atoms with van der Waals surface area (Å²) in [5.41, 5.74) is 0.958. The van der Waals surface area contributed by atoms with Crippen LogP contribution in [0.25, 0.3) is 0 Å². The minimum absolute atomic E-state index is 0.0467. The molecule has 0 aliphatic carbocycles. The van der Waals surface area contributed by atoms with Crippen LogP contribution in [0.1, 0.15) is 11.4 Å². The van der Waals surface area contributed by atoms with E-state index < -0.39 is 5.82 Å². The average Bonchev–Trinajstić information content (AvgIpc) is 3.13. The third-order valence-corrected chi connectivity index (χ3v) is 5.25. The lowest BCUT2D eigenvalue weighted by molar-refractivity contribution is -0.118. The first-order chi connectivity index (χ1) is 14.6. The zero-order valence-corrected chi connectivity index (χ0v) is 17.6. The number of nitrogens with zero attached hydrogens (tertiary/aromatic N) is 3. The number of halogens is 2. The number of thioether (sulfide) groups is 1. The summed E-state index contributed by atoms with van der Waals surface area (Å²) in [5, 5.41) is 12.3. The van der Waals surface area contributed by atoms with Crippen molar-refractivity contribution in [2.24, 2.45) is 0 Å². The zero-order chi connectivity index (χ0) is 21.3. The maximum absolute atomic E-state index is 13.7. The van der Waals surface area contributed by atoms with Crippen molar-refractivity contribution in [2.45, 2.75) is 24.9 Å². The Balaban J connectivity index is 1.56. The van der Waals surface area contributed by atoms with E-state index in [1.54, 1.807) is 41.0 Å². The lowest BCUT2D eigenvalue weighted by atomic mass is 10.2. The molecular weight excluding hydrogens is 427 g/mol. The highest BCUT2D eigenvalue weighted by atomic mass is 35.5. The van der Waals surface area contributed by atoms with Gasteiger partial charge in [-0.25, -0.2) is 4.39 Å². The van der Waals surface area contributed by atoms with E-state index in [1.807, 2.05) is 12.1 Å². The number of hydrogen-bond donors (Lipinski definition) is 1. The number of para-hydroxylation sites is 1. The fourth-order valence-corrected chi connectivity index (χ4v) is 3.46. The number of benzene rings is 2. The Morgan fingerprint density at radius 3 is 2.73 bits per heavy atom. The fourth-order valence-electron chi connectivity index (χ4n) is 2.53. The Labute approximate surface area is 183 Å². The third kappa shape index (κ3) is 6.08. The molecule has 1 aromatic heterocycles. The summed E-state index contributed by atoms with van der Waals surface area (Å²) in [6.45, 7) is 4.64. The molecule has 0 atom stereocenters. The minimum atomic E-state index is -0.445. The molecule has 0 fully saturated rings. The van der Waals surface area contributed by atoms with Crippen molar-refractivity contribution < 1.29 is 13.9 Å². The fraction of sp³-hybridized carbons (Fsp3) is 0.190. The van der Waals surface area contributed by atoms with Gasteiger partial charge >= 0.3 is 0 Å². The molecule has 1 N–H and O–H groups in total. The van der Waals surface area contributed by atoms with Crippen LogP contribution >= 0.6 is 23.4 Å². The molecule has 0 aliphatic rings. The van der Waals surface area contributed by atoms with Crippen molar-refractivity contribution in [3.8, 4) is 5.75 Å². The lowest BCUT2D eigenvalue weighted by Crippen LogP contribution is -2.24. The first kappa shape index (κ1) is 21.9. The zero-order valence-electron chi connectivity index (χ0n) is 16.1. The van der Waals surface area contributed by atoms with Gasteiger partial charge in [0, 0.05) is 18.1 Å². The summed E-state index contributed by atoms with van der Waals surface area (Å²) >= 11 is 7.12. The Hall–Kier alpha value is -2.84. The maximum atomic E-state index is 13.7. The van der Waals surface area contributed by atoms with Gasteiger partial charge in [-0.05, 0) is 29.8 Å². The molecule has 0 unspecified atom stereocenters. The molecule has 30 heavy (non-hydrogen) atoms. The first-order valence-electron chi connectivity index (χ1n) is 9.11. The largest absolute Gasteiger partial charge is 0.483 e. The summed E-state index contributed by atoms with van der Waals surface area (Å²) in [5.74, 6) is 0.256. The van der Waals surface area contributed by atoms with Crippen LogP contribution < -0.4 is 10.1 Å². The van der Waals surface area contributed by atoms with Crippen LogP contribution in [0.15, 0.2) is 66.3 Å². The molecule has 3 rings (SSSR count). The summed E-state index contributed by atoms with van der Waals surface area (Å²) in [4.78, 5) is 12.2. The molecule has 9 heteroatoms. The van der Waals surface area contributed by atoms with Crippen molar-refractivity contribution in [3.05, 3.63) is 83.4 Å². The number of rotatable bonds is 10. The van der Waals surface area contributed by atoms with E-state index in [2.05, 4.69) is 22.1 Å². The number of aromatic nitrogens is 3. The molecule has 0 saturated heterocycles. The lowest BCUT2D eigenvalue weighted by Gasteiger charge is -2.10. The van der Waals surface area contributed by atoms with Crippen molar-refractivity contribution in [1.82, 2.24) is 20.1 Å². The monoisotopic (exact) mass is 446 g/mol. The Morgan fingerprint density at radius 2 is 2.00 bits per heavy atom. The van der Waals surface area contributed by atoms with Crippen LogP contribution in [0.5, 0.6) is 5.75 Å². The van der Waals surface area contributed by atoms with Gasteiger partial charge in [0.05, 0.1) is 5.75 Å². The molecule has 0 saturated carbocycles. The van der Waals surface area contributed by atoms with E-state index in [0.29, 0.717) is 29.1 Å². The molecule has 156 valence electrons. The molecule has 0 spiro atoms. The highest BCUT2D eigenvalue weighted by molar-refractivity contribution is 7.99. The van der Waals surface area contributed by atoms with Crippen LogP contribution in [0.4, 0.5) is 4.39 Å². The first-order valence-corrected chi connectivity index (χ1v) is 10.5. The van der Waals surface area contributed by atoms with Gasteiger partial charge in [0.1, 0.15) is 6.61 Å². The van der Waals surface area contributed by atoms with Crippen LogP contribution in [-0.4, -0.2) is 26.4 Å². The Kier molecular flexibility index (Phi) is 7.87. The summed E-state index contributed by atoms with van der Waals surface area (Å²) < 4.78 is 21.0. The van der Waals surface area contributed by atoms with Crippen LogP contribution in [0.3, 0.4) is 0 Å². The molecule has 1 heterocycles. The van der Waals surface area contributed by atoms with E-state index in [1.165, 1.54) is 17.8 Å². The molecule has 0 radical (unpaired) electrons. The van der Waals surface area contributed by atoms with Crippen LogP contribution in [0.2, 0.25) is 5.02 Å². The van der Waals surface area contributed by atoms with Gasteiger partial charge in [0.2, 0.25) is 5.91 Å². The van der Waals surface area contributed by atoms with Crippen LogP contribution in [-0.2, 0) is 24.5 Å². The van der Waals surface area contributed by atoms with Gasteiger partial charge in [-0.15, -0.1) is 16.8 Å². The molecular formula is C21H20ClFN4O2S. The van der Waals surface area contributed by atoms with Crippen molar-refractivity contribution in [1.29, 1.82) is 0 Å². The Morgan fingerprint density at radius 1 is 1.23 bits per heavy atom.